The van der Waals surface area contributed by atoms with Gasteiger partial charge in [-0.2, -0.15) is 5.10 Å². The first-order valence-electron chi connectivity index (χ1n) is 10.8. The van der Waals surface area contributed by atoms with Gasteiger partial charge in [-0.15, -0.1) is 0 Å². The predicted octanol–water partition coefficient (Wildman–Crippen LogP) is 6.01. The number of nitrogens with zero attached hydrogens (tertiary/aromatic N) is 2. The topological polar surface area (TPSA) is 87.8 Å². The summed E-state index contributed by atoms with van der Waals surface area (Å²) >= 11 is 12.3. The Morgan fingerprint density at radius 1 is 1.09 bits per heavy atom. The molecular formula is C25H21Cl2N3O5. The van der Waals surface area contributed by atoms with Crippen LogP contribution in [-0.4, -0.2) is 22.5 Å². The minimum Gasteiger partial charge on any atom is -0.486 e. The van der Waals surface area contributed by atoms with Crippen LogP contribution >= 0.6 is 23.2 Å². The van der Waals surface area contributed by atoms with E-state index in [-0.39, 0.29) is 25.1 Å². The highest BCUT2D eigenvalue weighted by atomic mass is 35.5. The number of carbonyl (C=O) groups excluding carboxylic acids is 1. The first-order valence-corrected chi connectivity index (χ1v) is 11.5. The number of aryl methyl sites for hydroxylation is 1. The first-order chi connectivity index (χ1) is 16.9. The first kappa shape index (κ1) is 23.1. The van der Waals surface area contributed by atoms with Crippen LogP contribution in [0.1, 0.15) is 33.3 Å². The van der Waals surface area contributed by atoms with Crippen molar-refractivity contribution in [1.82, 2.24) is 9.78 Å². The van der Waals surface area contributed by atoms with Crippen molar-refractivity contribution in [3.63, 3.8) is 0 Å². The molecule has 0 saturated carbocycles. The SMILES string of the molecule is Cc1nn(Cc2ccc(Cl)cc2Cl)c(C)c1NC(=O)c1ccc(COc2ccc3c(c2)OCO3)o1. The van der Waals surface area contributed by atoms with Crippen LogP contribution in [-0.2, 0) is 13.2 Å². The zero-order chi connectivity index (χ0) is 24.5. The number of halogens is 2. The van der Waals surface area contributed by atoms with E-state index in [1.54, 1.807) is 47.1 Å². The van der Waals surface area contributed by atoms with Gasteiger partial charge in [-0.25, -0.2) is 0 Å². The Bertz CT molecular complexity index is 1410. The number of ether oxygens (including phenoxy) is 3. The minimum absolute atomic E-state index is 0.158. The van der Waals surface area contributed by atoms with Crippen molar-refractivity contribution >= 4 is 34.8 Å². The number of fused-ring (bicyclic) bond motifs is 1. The number of furan rings is 1. The van der Waals surface area contributed by atoms with Gasteiger partial charge in [-0.05, 0) is 55.8 Å². The number of anilines is 1. The molecule has 35 heavy (non-hydrogen) atoms. The van der Waals surface area contributed by atoms with Gasteiger partial charge >= 0.3 is 0 Å². The van der Waals surface area contributed by atoms with Gasteiger partial charge in [0.15, 0.2) is 17.3 Å². The van der Waals surface area contributed by atoms with Crippen molar-refractivity contribution in [2.75, 3.05) is 12.1 Å². The molecule has 5 rings (SSSR count). The minimum atomic E-state index is -0.380. The van der Waals surface area contributed by atoms with Crippen molar-refractivity contribution < 1.29 is 23.4 Å². The van der Waals surface area contributed by atoms with Crippen LogP contribution in [0.4, 0.5) is 5.69 Å². The van der Waals surface area contributed by atoms with Gasteiger partial charge in [-0.1, -0.05) is 29.3 Å². The number of rotatable bonds is 7. The third-order valence-corrected chi connectivity index (χ3v) is 6.15. The summed E-state index contributed by atoms with van der Waals surface area (Å²) in [4.78, 5) is 12.8. The van der Waals surface area contributed by atoms with Crippen LogP contribution in [0.25, 0.3) is 0 Å². The summed E-state index contributed by atoms with van der Waals surface area (Å²) in [7, 11) is 0. The van der Waals surface area contributed by atoms with Crippen LogP contribution < -0.4 is 19.5 Å². The third kappa shape index (κ3) is 4.94. The zero-order valence-corrected chi connectivity index (χ0v) is 20.4. The Morgan fingerprint density at radius 2 is 1.91 bits per heavy atom. The molecule has 180 valence electrons. The van der Waals surface area contributed by atoms with Crippen molar-refractivity contribution in [2.24, 2.45) is 0 Å². The molecule has 0 saturated heterocycles. The Kier molecular flexibility index (Phi) is 6.32. The Morgan fingerprint density at radius 3 is 2.74 bits per heavy atom. The van der Waals surface area contributed by atoms with Gasteiger partial charge < -0.3 is 23.9 Å². The smallest absolute Gasteiger partial charge is 0.291 e. The average molecular weight is 514 g/mol. The van der Waals surface area contributed by atoms with Crippen LogP contribution in [0.3, 0.4) is 0 Å². The lowest BCUT2D eigenvalue weighted by molar-refractivity contribution is 0.0992. The number of nitrogens with one attached hydrogen (secondary N) is 1. The molecule has 0 bridgehead atoms. The lowest BCUT2D eigenvalue weighted by atomic mass is 10.2. The van der Waals surface area contributed by atoms with Crippen molar-refractivity contribution in [3.05, 3.63) is 87.0 Å². The van der Waals surface area contributed by atoms with Gasteiger partial charge in [0.05, 0.1) is 23.6 Å². The number of benzene rings is 2. The molecule has 0 unspecified atom stereocenters. The number of carbonyl (C=O) groups is 1. The Balaban J connectivity index is 1.24. The molecule has 0 aliphatic carbocycles. The zero-order valence-electron chi connectivity index (χ0n) is 18.9. The monoisotopic (exact) mass is 513 g/mol. The Hall–Kier alpha value is -3.62. The van der Waals surface area contributed by atoms with Crippen molar-refractivity contribution in [1.29, 1.82) is 0 Å². The second-order valence-electron chi connectivity index (χ2n) is 7.96. The number of amides is 1. The fraction of sp³-hybridized carbons (Fsp3) is 0.200. The van der Waals surface area contributed by atoms with Crippen LogP contribution in [0, 0.1) is 13.8 Å². The molecule has 10 heteroatoms. The lowest BCUT2D eigenvalue weighted by Gasteiger charge is -2.08. The standard InChI is InChI=1S/C25H21Cl2N3O5/c1-14-24(15(2)30(29-14)11-16-3-4-17(26)9-20(16)27)28-25(31)22-8-6-19(35-22)12-32-18-5-7-21-23(10-18)34-13-33-21/h3-10H,11-13H2,1-2H3,(H,28,31). The van der Waals surface area contributed by atoms with Crippen LogP contribution in [0.5, 0.6) is 17.2 Å². The highest BCUT2D eigenvalue weighted by Gasteiger charge is 2.19. The van der Waals surface area contributed by atoms with Gasteiger partial charge in [0.25, 0.3) is 5.91 Å². The molecule has 1 N–H and O–H groups in total. The fourth-order valence-corrected chi connectivity index (χ4v) is 4.19. The summed E-state index contributed by atoms with van der Waals surface area (Å²) in [5.74, 6) is 2.22. The summed E-state index contributed by atoms with van der Waals surface area (Å²) in [6.07, 6.45) is 0. The van der Waals surface area contributed by atoms with E-state index in [9.17, 15) is 4.79 Å². The maximum absolute atomic E-state index is 12.8. The predicted molar refractivity (Wildman–Crippen MR) is 131 cm³/mol. The molecule has 0 spiro atoms. The van der Waals surface area contributed by atoms with Gasteiger partial charge in [-0.3, -0.25) is 9.48 Å². The van der Waals surface area contributed by atoms with Crippen LogP contribution in [0.15, 0.2) is 52.9 Å². The largest absolute Gasteiger partial charge is 0.486 e. The quantitative estimate of drug-likeness (QED) is 0.325. The molecule has 0 atom stereocenters. The van der Waals surface area contributed by atoms with E-state index in [0.717, 1.165) is 11.3 Å². The number of hydrogen-bond donors (Lipinski definition) is 1. The van der Waals surface area contributed by atoms with Gasteiger partial charge in [0.1, 0.15) is 18.1 Å². The summed E-state index contributed by atoms with van der Waals surface area (Å²) in [6.45, 7) is 4.51. The van der Waals surface area contributed by atoms with E-state index < -0.39 is 0 Å². The van der Waals surface area contributed by atoms with E-state index in [2.05, 4.69) is 10.4 Å². The van der Waals surface area contributed by atoms with E-state index >= 15 is 0 Å². The average Bonchev–Trinajstić information content (AvgIpc) is 3.55. The third-order valence-electron chi connectivity index (χ3n) is 5.57. The lowest BCUT2D eigenvalue weighted by Crippen LogP contribution is -2.12. The van der Waals surface area contributed by atoms with Crippen LogP contribution in [0.2, 0.25) is 10.0 Å². The second kappa shape index (κ2) is 9.56. The van der Waals surface area contributed by atoms with Gasteiger partial charge in [0.2, 0.25) is 6.79 Å². The molecule has 0 fully saturated rings. The molecule has 1 amide bonds. The number of hydrogen-bond acceptors (Lipinski definition) is 6. The summed E-state index contributed by atoms with van der Waals surface area (Å²) in [6, 6.07) is 14.0. The molecule has 0 radical (unpaired) electrons. The molecule has 1 aliphatic heterocycles. The molecule has 2 aromatic heterocycles. The molecule has 2 aromatic carbocycles. The molecule has 1 aliphatic rings. The molecule has 4 aromatic rings. The van der Waals surface area contributed by atoms with Crippen molar-refractivity contribution in [3.8, 4) is 17.2 Å². The van der Waals surface area contributed by atoms with E-state index in [0.29, 0.717) is 51.0 Å². The highest BCUT2D eigenvalue weighted by Crippen LogP contribution is 2.35. The normalized spacial score (nSPS) is 12.1. The van der Waals surface area contributed by atoms with E-state index in [1.807, 2.05) is 19.9 Å². The summed E-state index contributed by atoms with van der Waals surface area (Å²) in [5.41, 5.74) is 2.96. The second-order valence-corrected chi connectivity index (χ2v) is 8.81. The summed E-state index contributed by atoms with van der Waals surface area (Å²) < 4.78 is 23.9. The maximum atomic E-state index is 12.8. The van der Waals surface area contributed by atoms with E-state index in [1.165, 1.54) is 0 Å². The highest BCUT2D eigenvalue weighted by molar-refractivity contribution is 6.35. The van der Waals surface area contributed by atoms with E-state index in [4.69, 9.17) is 41.8 Å². The van der Waals surface area contributed by atoms with Crippen molar-refractivity contribution in [2.45, 2.75) is 27.0 Å². The molecular weight excluding hydrogens is 493 g/mol. The fourth-order valence-electron chi connectivity index (χ4n) is 3.72. The number of aromatic nitrogens is 2. The summed E-state index contributed by atoms with van der Waals surface area (Å²) in [5, 5.41) is 8.57. The maximum Gasteiger partial charge on any atom is 0.291 e. The molecule has 8 nitrogen and oxygen atoms in total. The molecule has 3 heterocycles. The Labute approximate surface area is 211 Å². The van der Waals surface area contributed by atoms with Gasteiger partial charge in [0, 0.05) is 16.1 Å².